The van der Waals surface area contributed by atoms with Gasteiger partial charge in [-0.2, -0.15) is 0 Å². The van der Waals surface area contributed by atoms with E-state index in [1.54, 1.807) is 24.5 Å². The Bertz CT molecular complexity index is 339. The van der Waals surface area contributed by atoms with Crippen molar-refractivity contribution in [3.05, 3.63) is 55.0 Å². The van der Waals surface area contributed by atoms with E-state index < -0.39 is 0 Å². The standard InChI is InChI=1S/C11H13N3/c1-3-5-7-10(4-2)14-11-12-8-6-9-13-11/h3-9H,2H2,1H3,(H,12,13,14)/b5-3-,10-7+. The first-order valence-electron chi connectivity index (χ1n) is 4.36. The minimum atomic E-state index is 0.572. The predicted molar refractivity (Wildman–Crippen MR) is 58.7 cm³/mol. The van der Waals surface area contributed by atoms with Crippen LogP contribution in [0.4, 0.5) is 5.95 Å². The Kier molecular flexibility index (Phi) is 4.14. The van der Waals surface area contributed by atoms with Gasteiger partial charge in [0.15, 0.2) is 0 Å². The molecule has 0 atom stereocenters. The van der Waals surface area contributed by atoms with E-state index in [9.17, 15) is 0 Å². The van der Waals surface area contributed by atoms with Crippen molar-refractivity contribution in [2.45, 2.75) is 6.92 Å². The van der Waals surface area contributed by atoms with E-state index in [2.05, 4.69) is 21.9 Å². The highest BCUT2D eigenvalue weighted by atomic mass is 15.1. The molecule has 0 amide bonds. The fourth-order valence-electron chi connectivity index (χ4n) is 0.853. The molecule has 0 bridgehead atoms. The average Bonchev–Trinajstić information content (AvgIpc) is 2.25. The third-order valence-electron chi connectivity index (χ3n) is 1.51. The van der Waals surface area contributed by atoms with Gasteiger partial charge in [-0.15, -0.1) is 0 Å². The smallest absolute Gasteiger partial charge is 0.227 e. The van der Waals surface area contributed by atoms with E-state index in [1.165, 1.54) is 0 Å². The van der Waals surface area contributed by atoms with Crippen LogP contribution in [0, 0.1) is 0 Å². The van der Waals surface area contributed by atoms with Crippen LogP contribution in [-0.2, 0) is 0 Å². The zero-order valence-corrected chi connectivity index (χ0v) is 8.14. The second-order valence-electron chi connectivity index (χ2n) is 2.55. The van der Waals surface area contributed by atoms with Crippen LogP contribution in [0.15, 0.2) is 55.0 Å². The molecule has 0 fully saturated rings. The van der Waals surface area contributed by atoms with Crippen LogP contribution in [0.2, 0.25) is 0 Å². The quantitative estimate of drug-likeness (QED) is 0.736. The van der Waals surface area contributed by atoms with Crippen LogP contribution >= 0.6 is 0 Å². The van der Waals surface area contributed by atoms with E-state index in [0.29, 0.717) is 5.95 Å². The minimum Gasteiger partial charge on any atom is -0.324 e. The van der Waals surface area contributed by atoms with Gasteiger partial charge in [-0.3, -0.25) is 0 Å². The molecule has 0 saturated heterocycles. The van der Waals surface area contributed by atoms with E-state index in [1.807, 2.05) is 25.2 Å². The van der Waals surface area contributed by atoms with Gasteiger partial charge in [-0.1, -0.05) is 18.7 Å². The van der Waals surface area contributed by atoms with Crippen molar-refractivity contribution in [3.8, 4) is 0 Å². The molecule has 0 aliphatic rings. The van der Waals surface area contributed by atoms with Gasteiger partial charge in [-0.05, 0) is 25.1 Å². The Morgan fingerprint density at radius 3 is 2.71 bits per heavy atom. The molecule has 1 N–H and O–H groups in total. The van der Waals surface area contributed by atoms with Gasteiger partial charge in [-0.25, -0.2) is 9.97 Å². The number of hydrogen-bond acceptors (Lipinski definition) is 3. The van der Waals surface area contributed by atoms with E-state index in [4.69, 9.17) is 0 Å². The lowest BCUT2D eigenvalue weighted by atomic mass is 10.3. The molecular formula is C11H13N3. The summed E-state index contributed by atoms with van der Waals surface area (Å²) in [6, 6.07) is 1.77. The number of nitrogens with zero attached hydrogens (tertiary/aromatic N) is 2. The maximum atomic E-state index is 4.04. The number of rotatable bonds is 4. The fraction of sp³-hybridized carbons (Fsp3) is 0.0909. The SMILES string of the molecule is C=C/C(=C\C=C/C)Nc1ncccn1. The van der Waals surface area contributed by atoms with Gasteiger partial charge in [0.25, 0.3) is 0 Å². The van der Waals surface area contributed by atoms with Crippen molar-refractivity contribution >= 4 is 5.95 Å². The van der Waals surface area contributed by atoms with Gasteiger partial charge >= 0.3 is 0 Å². The molecule has 14 heavy (non-hydrogen) atoms. The minimum absolute atomic E-state index is 0.572. The molecule has 3 heteroatoms. The molecule has 0 aliphatic carbocycles. The summed E-state index contributed by atoms with van der Waals surface area (Å²) in [4.78, 5) is 8.08. The Morgan fingerprint density at radius 2 is 2.14 bits per heavy atom. The summed E-state index contributed by atoms with van der Waals surface area (Å²) < 4.78 is 0. The summed E-state index contributed by atoms with van der Waals surface area (Å²) in [7, 11) is 0. The van der Waals surface area contributed by atoms with E-state index in [-0.39, 0.29) is 0 Å². The van der Waals surface area contributed by atoms with Crippen LogP contribution in [0.25, 0.3) is 0 Å². The summed E-state index contributed by atoms with van der Waals surface area (Å²) in [5, 5.41) is 3.03. The van der Waals surface area contributed by atoms with Crippen molar-refractivity contribution in [2.24, 2.45) is 0 Å². The Balaban J connectivity index is 2.71. The first kappa shape index (κ1) is 10.2. The van der Waals surface area contributed by atoms with E-state index in [0.717, 1.165) is 5.70 Å². The first-order valence-corrected chi connectivity index (χ1v) is 4.36. The van der Waals surface area contributed by atoms with Gasteiger partial charge in [0.2, 0.25) is 5.95 Å². The second-order valence-corrected chi connectivity index (χ2v) is 2.55. The molecule has 1 aromatic heterocycles. The highest BCUT2D eigenvalue weighted by Gasteiger charge is 1.93. The Morgan fingerprint density at radius 1 is 1.43 bits per heavy atom. The van der Waals surface area contributed by atoms with Gasteiger partial charge in [0.1, 0.15) is 0 Å². The van der Waals surface area contributed by atoms with E-state index >= 15 is 0 Å². The fourth-order valence-corrected chi connectivity index (χ4v) is 0.853. The summed E-state index contributed by atoms with van der Waals surface area (Å²) in [6.45, 7) is 5.64. The second kappa shape index (κ2) is 5.70. The molecule has 0 saturated carbocycles. The summed E-state index contributed by atoms with van der Waals surface area (Å²) in [6.07, 6.45) is 10.9. The first-order chi connectivity index (χ1) is 6.86. The number of nitrogens with one attached hydrogen (secondary N) is 1. The van der Waals surface area contributed by atoms with Crippen molar-refractivity contribution in [1.29, 1.82) is 0 Å². The van der Waals surface area contributed by atoms with Crippen molar-refractivity contribution < 1.29 is 0 Å². The van der Waals surface area contributed by atoms with Gasteiger partial charge in [0, 0.05) is 18.1 Å². The van der Waals surface area contributed by atoms with Crippen LogP contribution < -0.4 is 5.32 Å². The molecule has 3 nitrogen and oxygen atoms in total. The van der Waals surface area contributed by atoms with Crippen molar-refractivity contribution in [2.75, 3.05) is 5.32 Å². The number of aromatic nitrogens is 2. The Hall–Kier alpha value is -1.90. The third kappa shape index (κ3) is 3.23. The number of allylic oxidation sites excluding steroid dienone is 4. The van der Waals surface area contributed by atoms with Gasteiger partial charge < -0.3 is 5.32 Å². The molecular weight excluding hydrogens is 174 g/mol. The summed E-state index contributed by atoms with van der Waals surface area (Å²) in [5.41, 5.74) is 0.870. The van der Waals surface area contributed by atoms with Gasteiger partial charge in [0.05, 0.1) is 0 Å². The van der Waals surface area contributed by atoms with Crippen LogP contribution in [-0.4, -0.2) is 9.97 Å². The highest BCUT2D eigenvalue weighted by Crippen LogP contribution is 2.02. The summed E-state index contributed by atoms with van der Waals surface area (Å²) in [5.74, 6) is 0.572. The maximum Gasteiger partial charge on any atom is 0.227 e. The lowest BCUT2D eigenvalue weighted by molar-refractivity contribution is 1.15. The number of hydrogen-bond donors (Lipinski definition) is 1. The zero-order valence-electron chi connectivity index (χ0n) is 8.14. The predicted octanol–water partition coefficient (Wildman–Crippen LogP) is 2.53. The Labute approximate surface area is 83.9 Å². The molecule has 0 aliphatic heterocycles. The third-order valence-corrected chi connectivity index (χ3v) is 1.51. The zero-order chi connectivity index (χ0) is 10.2. The molecule has 1 aromatic rings. The average molecular weight is 187 g/mol. The largest absolute Gasteiger partial charge is 0.324 e. The lowest BCUT2D eigenvalue weighted by Gasteiger charge is -2.02. The molecule has 72 valence electrons. The van der Waals surface area contributed by atoms with Crippen LogP contribution in [0.5, 0.6) is 0 Å². The lowest BCUT2D eigenvalue weighted by Crippen LogP contribution is -2.00. The highest BCUT2D eigenvalue weighted by molar-refractivity contribution is 5.39. The molecule has 1 rings (SSSR count). The molecule has 0 radical (unpaired) electrons. The van der Waals surface area contributed by atoms with Crippen molar-refractivity contribution in [3.63, 3.8) is 0 Å². The van der Waals surface area contributed by atoms with Crippen LogP contribution in [0.3, 0.4) is 0 Å². The molecule has 0 unspecified atom stereocenters. The monoisotopic (exact) mass is 187 g/mol. The molecule has 1 heterocycles. The van der Waals surface area contributed by atoms with Crippen LogP contribution in [0.1, 0.15) is 6.92 Å². The summed E-state index contributed by atoms with van der Waals surface area (Å²) >= 11 is 0. The van der Waals surface area contributed by atoms with Crippen molar-refractivity contribution in [1.82, 2.24) is 9.97 Å². The molecule has 0 spiro atoms. The molecule has 0 aromatic carbocycles. The maximum absolute atomic E-state index is 4.04. The topological polar surface area (TPSA) is 37.8 Å². The normalized spacial score (nSPS) is 11.6. The number of anilines is 1.